The molecule has 3 heterocycles. The summed E-state index contributed by atoms with van der Waals surface area (Å²) >= 11 is 0.984. The molecule has 2 aromatic heterocycles. The van der Waals surface area contributed by atoms with E-state index in [1.165, 1.54) is 17.2 Å². The van der Waals surface area contributed by atoms with Crippen molar-refractivity contribution >= 4 is 39.9 Å². The number of thiophene rings is 1. The summed E-state index contributed by atoms with van der Waals surface area (Å²) in [6.07, 6.45) is -4.50. The minimum absolute atomic E-state index is 0. The molecule has 1 aliphatic heterocycles. The Kier molecular flexibility index (Phi) is 5.65. The van der Waals surface area contributed by atoms with Crippen LogP contribution in [-0.2, 0) is 25.8 Å². The van der Waals surface area contributed by atoms with E-state index < -0.39 is 11.9 Å². The summed E-state index contributed by atoms with van der Waals surface area (Å²) in [6, 6.07) is 8.40. The van der Waals surface area contributed by atoms with Crippen LogP contribution in [-0.4, -0.2) is 10.9 Å². The van der Waals surface area contributed by atoms with Crippen molar-refractivity contribution in [1.29, 1.82) is 0 Å². The molecular weight excluding hydrogens is 411 g/mol. The van der Waals surface area contributed by atoms with Gasteiger partial charge >= 0.3 is 6.18 Å². The van der Waals surface area contributed by atoms with Crippen LogP contribution in [0.2, 0.25) is 0 Å². The van der Waals surface area contributed by atoms with Gasteiger partial charge in [0.1, 0.15) is 10.5 Å². The van der Waals surface area contributed by atoms with Crippen LogP contribution >= 0.6 is 23.7 Å². The van der Waals surface area contributed by atoms with Gasteiger partial charge in [0.05, 0.1) is 4.88 Å². The molecule has 0 bridgehead atoms. The summed E-state index contributed by atoms with van der Waals surface area (Å²) in [6.45, 7) is 3.76. The fraction of sp³-hybridized carbons (Fsp3) is 0.263. The van der Waals surface area contributed by atoms with Gasteiger partial charge in [-0.05, 0) is 41.3 Å². The Balaban J connectivity index is 0.00000225. The molecule has 1 amide bonds. The monoisotopic (exact) mass is 427 g/mol. The third-order valence-electron chi connectivity index (χ3n) is 4.65. The third-order valence-corrected chi connectivity index (χ3v) is 5.86. The molecule has 9 heteroatoms. The van der Waals surface area contributed by atoms with Crippen LogP contribution in [0, 0.1) is 6.92 Å². The average molecular weight is 428 g/mol. The number of fused-ring (bicyclic) bond motifs is 2. The van der Waals surface area contributed by atoms with Gasteiger partial charge in [-0.25, -0.2) is 4.98 Å². The van der Waals surface area contributed by atoms with Crippen molar-refractivity contribution in [2.45, 2.75) is 32.7 Å². The number of pyridine rings is 1. The highest BCUT2D eigenvalue weighted by Gasteiger charge is 2.33. The van der Waals surface area contributed by atoms with Gasteiger partial charge in [-0.15, -0.1) is 23.7 Å². The van der Waals surface area contributed by atoms with Crippen molar-refractivity contribution in [1.82, 2.24) is 15.6 Å². The van der Waals surface area contributed by atoms with Gasteiger partial charge in [-0.2, -0.15) is 13.2 Å². The molecule has 3 aromatic rings. The highest BCUT2D eigenvalue weighted by Crippen LogP contribution is 2.34. The second-order valence-electron chi connectivity index (χ2n) is 6.49. The van der Waals surface area contributed by atoms with Crippen molar-refractivity contribution in [3.63, 3.8) is 0 Å². The van der Waals surface area contributed by atoms with E-state index in [0.29, 0.717) is 22.4 Å². The number of carbonyl (C=O) groups excluding carboxylic acids is 1. The lowest BCUT2D eigenvalue weighted by atomic mass is 10.1. The summed E-state index contributed by atoms with van der Waals surface area (Å²) in [5.41, 5.74) is 3.17. The number of nitrogens with one attached hydrogen (secondary N) is 2. The van der Waals surface area contributed by atoms with E-state index in [0.717, 1.165) is 36.1 Å². The first kappa shape index (κ1) is 20.6. The van der Waals surface area contributed by atoms with Gasteiger partial charge in [0.2, 0.25) is 0 Å². The van der Waals surface area contributed by atoms with Gasteiger partial charge in [-0.1, -0.05) is 18.2 Å². The normalized spacial score (nSPS) is 13.3. The number of benzene rings is 1. The van der Waals surface area contributed by atoms with Crippen molar-refractivity contribution < 1.29 is 18.0 Å². The van der Waals surface area contributed by atoms with Crippen LogP contribution in [0.15, 0.2) is 30.3 Å². The summed E-state index contributed by atoms with van der Waals surface area (Å²) in [5, 5.41) is 6.70. The number of alkyl halides is 3. The Labute approximate surface area is 169 Å². The zero-order valence-corrected chi connectivity index (χ0v) is 16.4. The molecule has 0 unspecified atom stereocenters. The van der Waals surface area contributed by atoms with Crippen molar-refractivity contribution in [2.24, 2.45) is 0 Å². The molecule has 1 aliphatic rings. The standard InChI is InChI=1S/C19H16F3N3OS.ClH/c1-10-14-4-5-15(19(20,21)22)25-18(14)27-16(10)17(26)24-7-11-2-3-12-8-23-9-13(12)6-11;/h2-6,23H,7-9H2,1H3,(H,24,26);1H. The number of hydrogen-bond acceptors (Lipinski definition) is 4. The van der Waals surface area contributed by atoms with E-state index in [-0.39, 0.29) is 23.1 Å². The Morgan fingerprint density at radius 3 is 2.71 bits per heavy atom. The van der Waals surface area contributed by atoms with Crippen LogP contribution in [0.3, 0.4) is 0 Å². The molecule has 28 heavy (non-hydrogen) atoms. The van der Waals surface area contributed by atoms with Crippen LogP contribution < -0.4 is 10.6 Å². The summed E-state index contributed by atoms with van der Waals surface area (Å²) in [7, 11) is 0. The molecule has 0 aliphatic carbocycles. The molecule has 0 spiro atoms. The number of halogens is 4. The Bertz CT molecular complexity index is 1050. The first-order valence-electron chi connectivity index (χ1n) is 8.40. The zero-order valence-electron chi connectivity index (χ0n) is 14.8. The van der Waals surface area contributed by atoms with Gasteiger partial charge in [0, 0.05) is 25.0 Å². The Morgan fingerprint density at radius 2 is 1.96 bits per heavy atom. The fourth-order valence-electron chi connectivity index (χ4n) is 3.19. The van der Waals surface area contributed by atoms with Crippen LogP contribution in [0.5, 0.6) is 0 Å². The van der Waals surface area contributed by atoms with Crippen LogP contribution in [0.25, 0.3) is 10.2 Å². The van der Waals surface area contributed by atoms with Crippen molar-refractivity contribution in [2.75, 3.05) is 0 Å². The molecule has 0 radical (unpaired) electrons. The van der Waals surface area contributed by atoms with Gasteiger partial charge < -0.3 is 10.6 Å². The molecular formula is C19H17ClF3N3OS. The Hall–Kier alpha value is -2.16. The lowest BCUT2D eigenvalue weighted by Crippen LogP contribution is -2.22. The van der Waals surface area contributed by atoms with E-state index in [4.69, 9.17) is 0 Å². The predicted octanol–water partition coefficient (Wildman–Crippen LogP) is 4.58. The van der Waals surface area contributed by atoms with E-state index in [1.807, 2.05) is 12.1 Å². The second kappa shape index (κ2) is 7.69. The third kappa shape index (κ3) is 3.85. The second-order valence-corrected chi connectivity index (χ2v) is 7.49. The first-order chi connectivity index (χ1) is 12.8. The Morgan fingerprint density at radius 1 is 1.21 bits per heavy atom. The minimum Gasteiger partial charge on any atom is -0.347 e. The molecule has 4 rings (SSSR count). The quantitative estimate of drug-likeness (QED) is 0.643. The maximum atomic E-state index is 12.8. The van der Waals surface area contributed by atoms with Crippen LogP contribution in [0.1, 0.15) is 37.6 Å². The SMILES string of the molecule is Cc1c(C(=O)NCc2ccc3c(c2)CNC3)sc2nc(C(F)(F)F)ccc12.Cl. The van der Waals surface area contributed by atoms with E-state index in [9.17, 15) is 18.0 Å². The van der Waals surface area contributed by atoms with Crippen molar-refractivity contribution in [3.8, 4) is 0 Å². The lowest BCUT2D eigenvalue weighted by molar-refractivity contribution is -0.140. The number of nitrogens with zero attached hydrogens (tertiary/aromatic N) is 1. The van der Waals surface area contributed by atoms with Gasteiger partial charge in [-0.3, -0.25) is 4.79 Å². The zero-order chi connectivity index (χ0) is 19.2. The van der Waals surface area contributed by atoms with Gasteiger partial charge in [0.15, 0.2) is 0 Å². The molecule has 4 nitrogen and oxygen atoms in total. The molecule has 0 fully saturated rings. The lowest BCUT2D eigenvalue weighted by Gasteiger charge is -2.07. The van der Waals surface area contributed by atoms with Crippen LogP contribution in [0.4, 0.5) is 13.2 Å². The van der Waals surface area contributed by atoms with Gasteiger partial charge in [0.25, 0.3) is 5.91 Å². The number of amides is 1. The minimum atomic E-state index is -4.50. The highest BCUT2D eigenvalue weighted by molar-refractivity contribution is 7.20. The topological polar surface area (TPSA) is 54.0 Å². The highest BCUT2D eigenvalue weighted by atomic mass is 35.5. The number of hydrogen-bond donors (Lipinski definition) is 2. The summed E-state index contributed by atoms with van der Waals surface area (Å²) in [5.74, 6) is -0.303. The first-order valence-corrected chi connectivity index (χ1v) is 9.21. The largest absolute Gasteiger partial charge is 0.433 e. The number of carbonyl (C=O) groups is 1. The van der Waals surface area contributed by atoms with E-state index >= 15 is 0 Å². The number of aryl methyl sites for hydroxylation is 1. The summed E-state index contributed by atoms with van der Waals surface area (Å²) in [4.78, 5) is 16.8. The maximum Gasteiger partial charge on any atom is 0.433 e. The maximum absolute atomic E-state index is 12.8. The molecule has 0 saturated carbocycles. The molecule has 1 aromatic carbocycles. The number of rotatable bonds is 3. The average Bonchev–Trinajstić information content (AvgIpc) is 3.22. The molecule has 0 atom stereocenters. The molecule has 2 N–H and O–H groups in total. The molecule has 0 saturated heterocycles. The summed E-state index contributed by atoms with van der Waals surface area (Å²) < 4.78 is 38.5. The van der Waals surface area contributed by atoms with E-state index in [2.05, 4.69) is 21.7 Å². The number of aromatic nitrogens is 1. The fourth-order valence-corrected chi connectivity index (χ4v) is 4.29. The predicted molar refractivity (Wildman–Crippen MR) is 105 cm³/mol. The molecule has 148 valence electrons. The van der Waals surface area contributed by atoms with Crippen molar-refractivity contribution in [3.05, 3.63) is 63.2 Å². The smallest absolute Gasteiger partial charge is 0.347 e. The van der Waals surface area contributed by atoms with E-state index in [1.54, 1.807) is 6.92 Å².